The van der Waals surface area contributed by atoms with Crippen LogP contribution in [0.2, 0.25) is 0 Å². The maximum atomic E-state index is 12.6. The Morgan fingerprint density at radius 3 is 1.76 bits per heavy atom. The molecule has 1 aliphatic rings. The second-order valence-corrected chi connectivity index (χ2v) is 7.42. The molecule has 0 radical (unpaired) electrons. The summed E-state index contributed by atoms with van der Waals surface area (Å²) in [5, 5.41) is 0. The van der Waals surface area contributed by atoms with Crippen molar-refractivity contribution < 1.29 is 33.3 Å². The monoisotopic (exact) mass is 458 g/mol. The first-order valence-electron chi connectivity index (χ1n) is 10.7. The molecule has 0 saturated heterocycles. The van der Waals surface area contributed by atoms with E-state index in [0.29, 0.717) is 16.7 Å². The van der Waals surface area contributed by atoms with Crippen molar-refractivity contribution in [2.24, 2.45) is 0 Å². The molecular weight excluding hydrogens is 436 g/mol. The van der Waals surface area contributed by atoms with Gasteiger partial charge in [0.05, 0.1) is 23.3 Å². The van der Waals surface area contributed by atoms with Crippen molar-refractivity contribution in [1.29, 1.82) is 0 Å². The summed E-state index contributed by atoms with van der Waals surface area (Å²) in [5.41, 5.74) is 1.12. The number of benzene rings is 3. The van der Waals surface area contributed by atoms with E-state index >= 15 is 0 Å². The number of hydrogen-bond acceptors (Lipinski definition) is 7. The summed E-state index contributed by atoms with van der Waals surface area (Å²) in [7, 11) is 0. The Balaban J connectivity index is 1.48. The lowest BCUT2D eigenvalue weighted by molar-refractivity contribution is -0.0542. The first-order valence-corrected chi connectivity index (χ1v) is 10.7. The summed E-state index contributed by atoms with van der Waals surface area (Å²) >= 11 is 0. The van der Waals surface area contributed by atoms with Crippen LogP contribution in [0.1, 0.15) is 31.1 Å². The SMILES string of the molecule is O=C(OC[C@@H]1OC[C@H](OC(=O)c2ccccc2)C=C1OC(=O)c1ccccc1)c1ccccc1. The highest BCUT2D eigenvalue weighted by Crippen LogP contribution is 2.21. The Morgan fingerprint density at radius 2 is 1.21 bits per heavy atom. The maximum Gasteiger partial charge on any atom is 0.343 e. The van der Waals surface area contributed by atoms with Gasteiger partial charge in [-0.05, 0) is 42.5 Å². The van der Waals surface area contributed by atoms with Gasteiger partial charge >= 0.3 is 17.9 Å². The Hall–Kier alpha value is -4.23. The maximum absolute atomic E-state index is 12.6. The van der Waals surface area contributed by atoms with Crippen molar-refractivity contribution in [2.75, 3.05) is 13.2 Å². The molecule has 0 amide bonds. The van der Waals surface area contributed by atoms with E-state index in [2.05, 4.69) is 0 Å². The molecule has 0 saturated carbocycles. The lowest BCUT2D eigenvalue weighted by Gasteiger charge is -2.28. The standard InChI is InChI=1S/C27H22O7/c28-25(19-10-4-1-5-11-19)32-18-24-23(34-27(30)21-14-8-3-9-15-21)16-22(17-31-24)33-26(29)20-12-6-2-7-13-20/h1-16,22,24H,17-18H2/t22-,24+/m1/s1. The normalized spacial score (nSPS) is 17.2. The molecule has 3 aromatic rings. The molecule has 0 unspecified atom stereocenters. The molecule has 0 aromatic heterocycles. The number of esters is 3. The van der Waals surface area contributed by atoms with Crippen molar-refractivity contribution in [1.82, 2.24) is 0 Å². The number of hydrogen-bond donors (Lipinski definition) is 0. The minimum atomic E-state index is -0.841. The lowest BCUT2D eigenvalue weighted by Crippen LogP contribution is -2.36. The molecule has 34 heavy (non-hydrogen) atoms. The fourth-order valence-electron chi connectivity index (χ4n) is 3.26. The van der Waals surface area contributed by atoms with Gasteiger partial charge in [-0.1, -0.05) is 54.6 Å². The molecule has 0 N–H and O–H groups in total. The minimum Gasteiger partial charge on any atom is -0.459 e. The molecule has 1 heterocycles. The van der Waals surface area contributed by atoms with Gasteiger partial charge in [-0.3, -0.25) is 0 Å². The summed E-state index contributed by atoms with van der Waals surface area (Å²) in [6.07, 6.45) is -0.119. The molecule has 0 aliphatic carbocycles. The van der Waals surface area contributed by atoms with E-state index < -0.39 is 30.1 Å². The molecule has 7 nitrogen and oxygen atoms in total. The van der Waals surface area contributed by atoms with Gasteiger partial charge in [-0.15, -0.1) is 0 Å². The molecule has 1 aliphatic heterocycles. The summed E-state index contributed by atoms with van der Waals surface area (Å²) < 4.78 is 22.2. The molecule has 3 aromatic carbocycles. The molecule has 4 rings (SSSR count). The van der Waals surface area contributed by atoms with E-state index in [1.807, 2.05) is 0 Å². The molecule has 0 fully saturated rings. The van der Waals surface area contributed by atoms with Gasteiger partial charge in [0.1, 0.15) is 24.6 Å². The van der Waals surface area contributed by atoms with E-state index in [4.69, 9.17) is 18.9 Å². The smallest absolute Gasteiger partial charge is 0.343 e. The van der Waals surface area contributed by atoms with Crippen molar-refractivity contribution in [3.8, 4) is 0 Å². The first-order chi connectivity index (χ1) is 16.6. The number of carbonyl (C=O) groups excluding carboxylic acids is 3. The van der Waals surface area contributed by atoms with E-state index in [1.54, 1.807) is 91.0 Å². The third-order valence-corrected chi connectivity index (χ3v) is 4.99. The van der Waals surface area contributed by atoms with Crippen LogP contribution in [0.5, 0.6) is 0 Å². The minimum absolute atomic E-state index is 0.0124. The van der Waals surface area contributed by atoms with Gasteiger partial charge in [-0.25, -0.2) is 14.4 Å². The van der Waals surface area contributed by atoms with Crippen molar-refractivity contribution in [3.63, 3.8) is 0 Å². The van der Waals surface area contributed by atoms with Gasteiger partial charge < -0.3 is 18.9 Å². The average molecular weight is 458 g/mol. The predicted octanol–water partition coefficient (Wildman–Crippen LogP) is 4.21. The van der Waals surface area contributed by atoms with Gasteiger partial charge in [-0.2, -0.15) is 0 Å². The van der Waals surface area contributed by atoms with Crippen LogP contribution in [-0.2, 0) is 18.9 Å². The van der Waals surface area contributed by atoms with Crippen LogP contribution in [0.15, 0.2) is 103 Å². The second-order valence-electron chi connectivity index (χ2n) is 7.42. The zero-order valence-electron chi connectivity index (χ0n) is 18.2. The summed E-state index contributed by atoms with van der Waals surface area (Å²) in [4.78, 5) is 37.4. The Morgan fingerprint density at radius 1 is 0.706 bits per heavy atom. The van der Waals surface area contributed by atoms with Crippen LogP contribution in [-0.4, -0.2) is 43.3 Å². The Labute approximate surface area is 196 Å². The number of rotatable bonds is 7. The molecule has 0 bridgehead atoms. The fraction of sp³-hybridized carbons (Fsp3) is 0.148. The van der Waals surface area contributed by atoms with Crippen molar-refractivity contribution >= 4 is 17.9 Å². The number of ether oxygens (including phenoxy) is 4. The zero-order valence-corrected chi connectivity index (χ0v) is 18.2. The molecule has 7 heteroatoms. The topological polar surface area (TPSA) is 88.1 Å². The van der Waals surface area contributed by atoms with Crippen molar-refractivity contribution in [2.45, 2.75) is 12.2 Å². The summed E-state index contributed by atoms with van der Waals surface area (Å²) in [5.74, 6) is -1.57. The van der Waals surface area contributed by atoms with Crippen LogP contribution in [0.4, 0.5) is 0 Å². The third-order valence-electron chi connectivity index (χ3n) is 4.99. The molecular formula is C27H22O7. The fourth-order valence-corrected chi connectivity index (χ4v) is 3.26. The Bertz CT molecular complexity index is 1160. The average Bonchev–Trinajstić information content (AvgIpc) is 2.89. The number of carbonyl (C=O) groups is 3. The summed E-state index contributed by atoms with van der Waals surface area (Å²) in [6.45, 7) is -0.167. The van der Waals surface area contributed by atoms with Crippen LogP contribution in [0.3, 0.4) is 0 Å². The zero-order chi connectivity index (χ0) is 23.8. The van der Waals surface area contributed by atoms with E-state index in [0.717, 1.165) is 0 Å². The van der Waals surface area contributed by atoms with Crippen molar-refractivity contribution in [3.05, 3.63) is 120 Å². The molecule has 172 valence electrons. The quantitative estimate of drug-likeness (QED) is 0.387. The highest BCUT2D eigenvalue weighted by Gasteiger charge is 2.30. The molecule has 0 spiro atoms. The van der Waals surface area contributed by atoms with Gasteiger partial charge in [0, 0.05) is 0 Å². The predicted molar refractivity (Wildman–Crippen MR) is 122 cm³/mol. The van der Waals surface area contributed by atoms with Crippen LogP contribution in [0, 0.1) is 0 Å². The lowest BCUT2D eigenvalue weighted by atomic mass is 10.1. The highest BCUT2D eigenvalue weighted by molar-refractivity contribution is 5.91. The van der Waals surface area contributed by atoms with Gasteiger partial charge in [0.15, 0.2) is 0 Å². The third kappa shape index (κ3) is 5.96. The summed E-state index contributed by atoms with van der Waals surface area (Å²) in [6, 6.07) is 25.5. The van der Waals surface area contributed by atoms with Crippen LogP contribution < -0.4 is 0 Å². The van der Waals surface area contributed by atoms with E-state index in [1.165, 1.54) is 6.08 Å². The van der Waals surface area contributed by atoms with E-state index in [-0.39, 0.29) is 19.0 Å². The Kier molecular flexibility index (Phi) is 7.47. The second kappa shape index (κ2) is 11.1. The highest BCUT2D eigenvalue weighted by atomic mass is 16.6. The van der Waals surface area contributed by atoms with Gasteiger partial charge in [0.2, 0.25) is 0 Å². The van der Waals surface area contributed by atoms with Gasteiger partial charge in [0.25, 0.3) is 0 Å². The van der Waals surface area contributed by atoms with E-state index in [9.17, 15) is 14.4 Å². The largest absolute Gasteiger partial charge is 0.459 e. The first kappa shape index (κ1) is 22.9. The molecule has 2 atom stereocenters. The van der Waals surface area contributed by atoms with Crippen LogP contribution >= 0.6 is 0 Å². The van der Waals surface area contributed by atoms with Crippen LogP contribution in [0.25, 0.3) is 0 Å².